The number of benzene rings is 1. The molecule has 0 amide bonds. The van der Waals surface area contributed by atoms with Crippen molar-refractivity contribution in [2.24, 2.45) is 0 Å². The predicted molar refractivity (Wildman–Crippen MR) is 90.7 cm³/mol. The summed E-state index contributed by atoms with van der Waals surface area (Å²) in [6.07, 6.45) is 1.78. The Bertz CT molecular complexity index is 450. The van der Waals surface area contributed by atoms with Gasteiger partial charge in [-0.05, 0) is 44.6 Å². The number of carbonyl (C=O) groups is 1. The second-order valence-corrected chi connectivity index (χ2v) is 6.65. The van der Waals surface area contributed by atoms with E-state index in [-0.39, 0.29) is 5.97 Å². The summed E-state index contributed by atoms with van der Waals surface area (Å²) in [7, 11) is 1.45. The molecule has 0 spiro atoms. The lowest BCUT2D eigenvalue weighted by atomic mass is 9.99. The Kier molecular flexibility index (Phi) is 7.83. The lowest BCUT2D eigenvalue weighted by molar-refractivity contribution is -0.148. The second kappa shape index (κ2) is 9.11. The van der Waals surface area contributed by atoms with Gasteiger partial charge in [0.25, 0.3) is 0 Å². The number of rotatable bonds is 9. The number of carbonyl (C=O) groups excluding carboxylic acids is 1. The maximum Gasteiger partial charge on any atom is 0.325 e. The Morgan fingerprint density at radius 1 is 1.43 bits per heavy atom. The number of ether oxygens (including phenoxy) is 1. The average Bonchev–Trinajstić information content (AvgIpc) is 2.49. The van der Waals surface area contributed by atoms with Gasteiger partial charge in [-0.1, -0.05) is 36.8 Å². The molecule has 0 saturated heterocycles. The van der Waals surface area contributed by atoms with E-state index in [1.807, 2.05) is 18.7 Å². The first-order valence-corrected chi connectivity index (χ1v) is 8.64. The average molecular weight is 309 g/mol. The number of hydrogen-bond donors (Lipinski definition) is 1. The van der Waals surface area contributed by atoms with Gasteiger partial charge in [-0.2, -0.15) is 11.8 Å². The fourth-order valence-electron chi connectivity index (χ4n) is 2.16. The van der Waals surface area contributed by atoms with E-state index in [0.29, 0.717) is 0 Å². The lowest BCUT2D eigenvalue weighted by Crippen LogP contribution is -2.50. The molecule has 1 atom stereocenters. The topological polar surface area (TPSA) is 38.3 Å². The quantitative estimate of drug-likeness (QED) is 0.559. The highest BCUT2D eigenvalue weighted by molar-refractivity contribution is 7.98. The second-order valence-electron chi connectivity index (χ2n) is 5.54. The molecule has 3 nitrogen and oxygen atoms in total. The van der Waals surface area contributed by atoms with Crippen LogP contribution in [0.4, 0.5) is 0 Å². The summed E-state index contributed by atoms with van der Waals surface area (Å²) in [6.45, 7) is 6.96. The summed E-state index contributed by atoms with van der Waals surface area (Å²) in [6, 6.07) is 8.56. The van der Waals surface area contributed by atoms with Crippen LogP contribution in [-0.2, 0) is 15.3 Å². The van der Waals surface area contributed by atoms with Crippen LogP contribution in [0.5, 0.6) is 0 Å². The van der Waals surface area contributed by atoms with Crippen LogP contribution >= 0.6 is 11.8 Å². The van der Waals surface area contributed by atoms with Crippen LogP contribution in [-0.4, -0.2) is 30.9 Å². The van der Waals surface area contributed by atoms with Crippen molar-refractivity contribution in [3.8, 4) is 0 Å². The van der Waals surface area contributed by atoms with Crippen LogP contribution in [0.25, 0.3) is 0 Å². The molecule has 0 aliphatic carbocycles. The van der Waals surface area contributed by atoms with E-state index in [9.17, 15) is 4.79 Å². The molecular weight excluding hydrogens is 282 g/mol. The fourth-order valence-corrected chi connectivity index (χ4v) is 3.27. The maximum absolute atomic E-state index is 12.0. The Hall–Kier alpha value is -1.00. The van der Waals surface area contributed by atoms with Crippen LogP contribution in [0.1, 0.15) is 37.8 Å². The third-order valence-electron chi connectivity index (χ3n) is 3.50. The SMILES string of the molecule is CCCNC(C)(CCSCc1cccc(C)c1)C(=O)OC. The number of esters is 1. The molecule has 0 aromatic heterocycles. The van der Waals surface area contributed by atoms with Crippen molar-refractivity contribution in [3.05, 3.63) is 35.4 Å². The minimum atomic E-state index is -0.579. The molecule has 4 heteroatoms. The molecule has 118 valence electrons. The van der Waals surface area contributed by atoms with Crippen molar-refractivity contribution >= 4 is 17.7 Å². The number of nitrogens with one attached hydrogen (secondary N) is 1. The van der Waals surface area contributed by atoms with E-state index in [2.05, 4.69) is 43.4 Å². The summed E-state index contributed by atoms with van der Waals surface area (Å²) in [5.41, 5.74) is 2.04. The molecule has 21 heavy (non-hydrogen) atoms. The van der Waals surface area contributed by atoms with Gasteiger partial charge < -0.3 is 10.1 Å². The Morgan fingerprint density at radius 3 is 2.81 bits per heavy atom. The van der Waals surface area contributed by atoms with Crippen molar-refractivity contribution < 1.29 is 9.53 Å². The van der Waals surface area contributed by atoms with Crippen LogP contribution < -0.4 is 5.32 Å². The molecule has 0 aliphatic heterocycles. The largest absolute Gasteiger partial charge is 0.468 e. The molecule has 0 heterocycles. The highest BCUT2D eigenvalue weighted by Gasteiger charge is 2.32. The molecule has 1 unspecified atom stereocenters. The normalized spacial score (nSPS) is 13.7. The Morgan fingerprint density at radius 2 is 2.19 bits per heavy atom. The molecule has 0 radical (unpaired) electrons. The molecule has 0 aliphatic rings. The zero-order valence-corrected chi connectivity index (χ0v) is 14.4. The maximum atomic E-state index is 12.0. The first-order valence-electron chi connectivity index (χ1n) is 7.48. The van der Waals surface area contributed by atoms with Crippen molar-refractivity contribution in [1.82, 2.24) is 5.32 Å². The lowest BCUT2D eigenvalue weighted by Gasteiger charge is -2.27. The van der Waals surface area contributed by atoms with E-state index in [1.54, 1.807) is 0 Å². The van der Waals surface area contributed by atoms with E-state index < -0.39 is 5.54 Å². The first-order chi connectivity index (χ1) is 10.0. The zero-order valence-electron chi connectivity index (χ0n) is 13.6. The summed E-state index contributed by atoms with van der Waals surface area (Å²) in [5.74, 6) is 1.73. The molecule has 1 rings (SSSR count). The van der Waals surface area contributed by atoms with Gasteiger partial charge in [-0.15, -0.1) is 0 Å². The molecular formula is C17H27NO2S. The van der Waals surface area contributed by atoms with Gasteiger partial charge in [-0.25, -0.2) is 0 Å². The van der Waals surface area contributed by atoms with Crippen LogP contribution in [0.3, 0.4) is 0 Å². The molecule has 1 N–H and O–H groups in total. The van der Waals surface area contributed by atoms with Crippen LogP contribution in [0, 0.1) is 6.92 Å². The monoisotopic (exact) mass is 309 g/mol. The third-order valence-corrected chi connectivity index (χ3v) is 4.53. The standard InChI is InChI=1S/C17H27NO2S/c1-5-10-18-17(3,16(19)20-4)9-11-21-13-15-8-6-7-14(2)12-15/h6-8,12,18H,5,9-11,13H2,1-4H3. The van der Waals surface area contributed by atoms with E-state index in [0.717, 1.165) is 30.9 Å². The van der Waals surface area contributed by atoms with E-state index in [1.165, 1.54) is 18.2 Å². The molecule has 0 bridgehead atoms. The fraction of sp³-hybridized carbons (Fsp3) is 0.588. The first kappa shape index (κ1) is 18.1. The predicted octanol–water partition coefficient (Wildman–Crippen LogP) is 3.55. The van der Waals surface area contributed by atoms with Gasteiger partial charge in [0, 0.05) is 5.75 Å². The van der Waals surface area contributed by atoms with Gasteiger partial charge >= 0.3 is 5.97 Å². The van der Waals surface area contributed by atoms with Gasteiger partial charge in [0.1, 0.15) is 5.54 Å². The number of methoxy groups -OCH3 is 1. The number of hydrogen-bond acceptors (Lipinski definition) is 4. The van der Waals surface area contributed by atoms with E-state index in [4.69, 9.17) is 4.74 Å². The Labute approximate surface area is 132 Å². The van der Waals surface area contributed by atoms with Crippen molar-refractivity contribution in [3.63, 3.8) is 0 Å². The summed E-state index contributed by atoms with van der Waals surface area (Å²) >= 11 is 1.86. The van der Waals surface area contributed by atoms with Gasteiger partial charge in [-0.3, -0.25) is 4.79 Å². The molecule has 0 saturated carbocycles. The minimum absolute atomic E-state index is 0.174. The third kappa shape index (κ3) is 6.10. The smallest absolute Gasteiger partial charge is 0.325 e. The summed E-state index contributed by atoms with van der Waals surface area (Å²) in [4.78, 5) is 12.0. The van der Waals surface area contributed by atoms with Crippen molar-refractivity contribution in [1.29, 1.82) is 0 Å². The van der Waals surface area contributed by atoms with Gasteiger partial charge in [0.2, 0.25) is 0 Å². The zero-order chi connectivity index (χ0) is 15.7. The highest BCUT2D eigenvalue weighted by Crippen LogP contribution is 2.19. The number of thioether (sulfide) groups is 1. The Balaban J connectivity index is 2.44. The molecule has 1 aromatic carbocycles. The molecule has 1 aromatic rings. The van der Waals surface area contributed by atoms with Crippen LogP contribution in [0.15, 0.2) is 24.3 Å². The van der Waals surface area contributed by atoms with Gasteiger partial charge in [0.15, 0.2) is 0 Å². The van der Waals surface area contributed by atoms with Gasteiger partial charge in [0.05, 0.1) is 7.11 Å². The van der Waals surface area contributed by atoms with Crippen LogP contribution in [0.2, 0.25) is 0 Å². The minimum Gasteiger partial charge on any atom is -0.468 e. The summed E-state index contributed by atoms with van der Waals surface area (Å²) < 4.78 is 4.93. The van der Waals surface area contributed by atoms with E-state index >= 15 is 0 Å². The van der Waals surface area contributed by atoms with Crippen molar-refractivity contribution in [2.75, 3.05) is 19.4 Å². The van der Waals surface area contributed by atoms with Crippen molar-refractivity contribution in [2.45, 2.75) is 44.9 Å². The summed E-state index contributed by atoms with van der Waals surface area (Å²) in [5, 5.41) is 3.32. The molecule has 0 fully saturated rings. The number of aryl methyl sites for hydroxylation is 1. The highest BCUT2D eigenvalue weighted by atomic mass is 32.2.